The van der Waals surface area contributed by atoms with Gasteiger partial charge in [0.05, 0.1) is 0 Å². The van der Waals surface area contributed by atoms with Gasteiger partial charge in [0.25, 0.3) is 0 Å². The SMILES string of the molecule is Cn1ncnc1CC(CCl)Cc1ccc(Cl)cc1. The van der Waals surface area contributed by atoms with Gasteiger partial charge < -0.3 is 0 Å². The molecule has 1 aromatic carbocycles. The number of nitrogens with zero attached hydrogens (tertiary/aromatic N) is 3. The van der Waals surface area contributed by atoms with Gasteiger partial charge in [0.2, 0.25) is 0 Å². The fourth-order valence-corrected chi connectivity index (χ4v) is 2.24. The summed E-state index contributed by atoms with van der Waals surface area (Å²) >= 11 is 11.9. The van der Waals surface area contributed by atoms with E-state index >= 15 is 0 Å². The van der Waals surface area contributed by atoms with E-state index in [1.54, 1.807) is 11.0 Å². The highest BCUT2D eigenvalue weighted by Crippen LogP contribution is 2.17. The Kier molecular flexibility index (Phi) is 4.61. The van der Waals surface area contributed by atoms with Crippen LogP contribution in [0.1, 0.15) is 11.4 Å². The molecule has 0 spiro atoms. The van der Waals surface area contributed by atoms with E-state index in [1.165, 1.54) is 5.56 Å². The Labute approximate surface area is 117 Å². The van der Waals surface area contributed by atoms with Gasteiger partial charge in [-0.15, -0.1) is 11.6 Å². The van der Waals surface area contributed by atoms with Crippen LogP contribution in [-0.2, 0) is 19.9 Å². The summed E-state index contributed by atoms with van der Waals surface area (Å²) in [5, 5.41) is 4.83. The number of aromatic nitrogens is 3. The number of alkyl halides is 1. The summed E-state index contributed by atoms with van der Waals surface area (Å²) in [6.45, 7) is 0. The molecule has 3 nitrogen and oxygen atoms in total. The summed E-state index contributed by atoms with van der Waals surface area (Å²) in [5.74, 6) is 1.93. The number of benzene rings is 1. The van der Waals surface area contributed by atoms with Gasteiger partial charge in [-0.3, -0.25) is 4.68 Å². The maximum atomic E-state index is 6.03. The molecule has 0 N–H and O–H groups in total. The van der Waals surface area contributed by atoms with Crippen molar-refractivity contribution in [3.8, 4) is 0 Å². The molecule has 1 unspecified atom stereocenters. The average Bonchev–Trinajstić information content (AvgIpc) is 2.77. The molecule has 1 aromatic heterocycles. The minimum Gasteiger partial charge on any atom is -0.253 e. The molecule has 5 heteroatoms. The standard InChI is InChI=1S/C13H15Cl2N3/c1-18-13(16-9-17-18)7-11(8-14)6-10-2-4-12(15)5-3-10/h2-5,9,11H,6-8H2,1H3. The normalized spacial score (nSPS) is 12.6. The van der Waals surface area contributed by atoms with Gasteiger partial charge >= 0.3 is 0 Å². The predicted molar refractivity (Wildman–Crippen MR) is 74.1 cm³/mol. The summed E-state index contributed by atoms with van der Waals surface area (Å²) < 4.78 is 1.79. The molecule has 1 atom stereocenters. The number of aryl methyl sites for hydroxylation is 1. The van der Waals surface area contributed by atoms with Gasteiger partial charge in [0.1, 0.15) is 12.2 Å². The predicted octanol–water partition coefficient (Wildman–Crippen LogP) is 3.11. The second-order valence-electron chi connectivity index (χ2n) is 4.35. The third kappa shape index (κ3) is 3.47. The fraction of sp³-hybridized carbons (Fsp3) is 0.385. The van der Waals surface area contributed by atoms with Crippen LogP contribution in [0.2, 0.25) is 5.02 Å². The summed E-state index contributed by atoms with van der Waals surface area (Å²) in [7, 11) is 1.90. The topological polar surface area (TPSA) is 30.7 Å². The molecule has 0 radical (unpaired) electrons. The molecule has 0 saturated carbocycles. The van der Waals surface area contributed by atoms with Crippen molar-refractivity contribution < 1.29 is 0 Å². The Morgan fingerprint density at radius 3 is 2.50 bits per heavy atom. The van der Waals surface area contributed by atoms with Crippen molar-refractivity contribution in [2.75, 3.05) is 5.88 Å². The number of hydrogen-bond donors (Lipinski definition) is 0. The van der Waals surface area contributed by atoms with Crippen LogP contribution in [0.4, 0.5) is 0 Å². The van der Waals surface area contributed by atoms with Gasteiger partial charge in [-0.25, -0.2) is 4.98 Å². The van der Waals surface area contributed by atoms with Crippen LogP contribution >= 0.6 is 23.2 Å². The molecular formula is C13H15Cl2N3. The van der Waals surface area contributed by atoms with Crippen molar-refractivity contribution in [3.05, 3.63) is 47.0 Å². The summed E-state index contributed by atoms with van der Waals surface area (Å²) in [5.41, 5.74) is 1.24. The van der Waals surface area contributed by atoms with Crippen LogP contribution in [0.15, 0.2) is 30.6 Å². The maximum Gasteiger partial charge on any atom is 0.138 e. The molecule has 0 aliphatic rings. The highest BCUT2D eigenvalue weighted by molar-refractivity contribution is 6.30. The molecule has 0 fully saturated rings. The largest absolute Gasteiger partial charge is 0.253 e. The molecule has 2 rings (SSSR count). The smallest absolute Gasteiger partial charge is 0.138 e. The third-order valence-corrected chi connectivity index (χ3v) is 3.62. The zero-order valence-corrected chi connectivity index (χ0v) is 11.7. The lowest BCUT2D eigenvalue weighted by molar-refractivity contribution is 0.542. The minimum atomic E-state index is 0.357. The van der Waals surface area contributed by atoms with E-state index in [0.29, 0.717) is 11.8 Å². The van der Waals surface area contributed by atoms with E-state index in [-0.39, 0.29) is 0 Å². The first-order valence-electron chi connectivity index (χ1n) is 5.82. The van der Waals surface area contributed by atoms with Gasteiger partial charge in [-0.1, -0.05) is 23.7 Å². The Morgan fingerprint density at radius 1 is 1.22 bits per heavy atom. The number of halogens is 2. The van der Waals surface area contributed by atoms with Crippen LogP contribution in [0.25, 0.3) is 0 Å². The molecule has 0 bridgehead atoms. The van der Waals surface area contributed by atoms with Gasteiger partial charge in [-0.2, -0.15) is 5.10 Å². The molecule has 0 aliphatic carbocycles. The van der Waals surface area contributed by atoms with E-state index in [4.69, 9.17) is 23.2 Å². The van der Waals surface area contributed by atoms with Crippen molar-refractivity contribution in [3.63, 3.8) is 0 Å². The molecule has 0 amide bonds. The van der Waals surface area contributed by atoms with Crippen LogP contribution in [0, 0.1) is 5.92 Å². The highest BCUT2D eigenvalue weighted by Gasteiger charge is 2.12. The van der Waals surface area contributed by atoms with Crippen LogP contribution in [-0.4, -0.2) is 20.6 Å². The lowest BCUT2D eigenvalue weighted by Crippen LogP contribution is -2.13. The zero-order chi connectivity index (χ0) is 13.0. The van der Waals surface area contributed by atoms with E-state index in [9.17, 15) is 0 Å². The highest BCUT2D eigenvalue weighted by atomic mass is 35.5. The lowest BCUT2D eigenvalue weighted by atomic mass is 9.97. The average molecular weight is 284 g/mol. The molecular weight excluding hydrogens is 269 g/mol. The first-order valence-corrected chi connectivity index (χ1v) is 6.73. The fourth-order valence-electron chi connectivity index (χ4n) is 1.90. The third-order valence-electron chi connectivity index (χ3n) is 2.93. The zero-order valence-electron chi connectivity index (χ0n) is 10.2. The Bertz CT molecular complexity index is 493. The van der Waals surface area contributed by atoms with Crippen molar-refractivity contribution >= 4 is 23.2 Å². The molecule has 0 aliphatic heterocycles. The van der Waals surface area contributed by atoms with E-state index in [0.717, 1.165) is 23.7 Å². The Hall–Kier alpha value is -1.06. The quantitative estimate of drug-likeness (QED) is 0.790. The van der Waals surface area contributed by atoms with Crippen LogP contribution < -0.4 is 0 Å². The lowest BCUT2D eigenvalue weighted by Gasteiger charge is -2.13. The first-order chi connectivity index (χ1) is 8.69. The monoisotopic (exact) mass is 283 g/mol. The Morgan fingerprint density at radius 2 is 1.94 bits per heavy atom. The van der Waals surface area contributed by atoms with Gasteiger partial charge in [-0.05, 0) is 30.0 Å². The molecule has 2 aromatic rings. The molecule has 1 heterocycles. The van der Waals surface area contributed by atoms with Crippen LogP contribution in [0.3, 0.4) is 0 Å². The minimum absolute atomic E-state index is 0.357. The maximum absolute atomic E-state index is 6.03. The summed E-state index contributed by atoms with van der Waals surface area (Å²) in [6.07, 6.45) is 3.33. The van der Waals surface area contributed by atoms with Crippen molar-refractivity contribution in [1.82, 2.24) is 14.8 Å². The Balaban J connectivity index is 2.01. The van der Waals surface area contributed by atoms with Crippen molar-refractivity contribution in [1.29, 1.82) is 0 Å². The molecule has 18 heavy (non-hydrogen) atoms. The number of hydrogen-bond acceptors (Lipinski definition) is 2. The molecule has 0 saturated heterocycles. The van der Waals surface area contributed by atoms with Gasteiger partial charge in [0.15, 0.2) is 0 Å². The number of rotatable bonds is 5. The molecule has 96 valence electrons. The first kappa shape index (κ1) is 13.4. The van der Waals surface area contributed by atoms with Crippen molar-refractivity contribution in [2.45, 2.75) is 12.8 Å². The second-order valence-corrected chi connectivity index (χ2v) is 5.10. The van der Waals surface area contributed by atoms with E-state index in [2.05, 4.69) is 10.1 Å². The van der Waals surface area contributed by atoms with Gasteiger partial charge in [0, 0.05) is 24.4 Å². The summed E-state index contributed by atoms with van der Waals surface area (Å²) in [6, 6.07) is 7.89. The van der Waals surface area contributed by atoms with E-state index in [1.807, 2.05) is 31.3 Å². The second kappa shape index (κ2) is 6.21. The van der Waals surface area contributed by atoms with Crippen LogP contribution in [0.5, 0.6) is 0 Å². The summed E-state index contributed by atoms with van der Waals surface area (Å²) in [4.78, 5) is 4.23. The van der Waals surface area contributed by atoms with E-state index < -0.39 is 0 Å². The van der Waals surface area contributed by atoms with Crippen molar-refractivity contribution in [2.24, 2.45) is 13.0 Å².